The Kier molecular flexibility index (Phi) is 2.01. The van der Waals surface area contributed by atoms with Gasteiger partial charge >= 0.3 is 0 Å². The molecule has 0 amide bonds. The second-order valence-electron chi connectivity index (χ2n) is 4.95. The number of ketones is 1. The van der Waals surface area contributed by atoms with Crippen LogP contribution in [0.3, 0.4) is 0 Å². The minimum Gasteiger partial charge on any atom is -0.497 e. The molecular weight excluding hydrogens is 238 g/mol. The molecule has 0 N–H and O–H groups in total. The maximum absolute atomic E-state index is 12.3. The van der Waals surface area contributed by atoms with Gasteiger partial charge in [0.1, 0.15) is 11.8 Å². The molecule has 3 heteroatoms. The molecule has 0 spiro atoms. The second kappa shape index (κ2) is 3.60. The summed E-state index contributed by atoms with van der Waals surface area (Å²) < 4.78 is 5.16. The number of fused-ring (bicyclic) bond motifs is 3. The largest absolute Gasteiger partial charge is 0.497 e. The van der Waals surface area contributed by atoms with Gasteiger partial charge in [-0.2, -0.15) is 0 Å². The lowest BCUT2D eigenvalue weighted by molar-refractivity contribution is 0.0998. The summed E-state index contributed by atoms with van der Waals surface area (Å²) in [6.07, 6.45) is 0. The Hall–Kier alpha value is -2.29. The number of methoxy groups -OCH3 is 1. The van der Waals surface area contributed by atoms with E-state index in [0.29, 0.717) is 0 Å². The molecule has 94 valence electrons. The van der Waals surface area contributed by atoms with E-state index < -0.39 is 0 Å². The van der Waals surface area contributed by atoms with Crippen molar-refractivity contribution in [3.05, 3.63) is 59.7 Å². The zero-order chi connectivity index (χ0) is 13.0. The summed E-state index contributed by atoms with van der Waals surface area (Å²) in [7, 11) is 1.65. The molecule has 1 saturated heterocycles. The van der Waals surface area contributed by atoms with Gasteiger partial charge in [0.2, 0.25) is 0 Å². The lowest BCUT2D eigenvalue weighted by Gasteiger charge is -2.11. The quantitative estimate of drug-likeness (QED) is 0.769. The number of hydrogen-bond acceptors (Lipinski definition) is 3. The van der Waals surface area contributed by atoms with Gasteiger partial charge in [0.15, 0.2) is 5.78 Å². The molecule has 0 saturated carbocycles. The maximum Gasteiger partial charge on any atom is 0.188 e. The number of hydrogen-bond donors (Lipinski definition) is 0. The molecule has 0 bridgehead atoms. The van der Waals surface area contributed by atoms with Crippen LogP contribution in [0.25, 0.3) is 0 Å². The molecule has 0 aromatic heterocycles. The van der Waals surface area contributed by atoms with Crippen LogP contribution in [-0.2, 0) is 0 Å². The van der Waals surface area contributed by atoms with E-state index in [1.807, 2.05) is 42.5 Å². The van der Waals surface area contributed by atoms with Crippen molar-refractivity contribution in [1.82, 2.24) is 0 Å². The number of ether oxygens (including phenoxy) is 1. The smallest absolute Gasteiger partial charge is 0.188 e. The van der Waals surface area contributed by atoms with Crippen molar-refractivity contribution in [3.8, 4) is 5.75 Å². The van der Waals surface area contributed by atoms with Gasteiger partial charge in [0.05, 0.1) is 13.2 Å². The van der Waals surface area contributed by atoms with Crippen LogP contribution in [0, 0.1) is 0 Å². The molecule has 2 aromatic rings. The number of rotatable bonds is 2. The average molecular weight is 251 g/mol. The predicted molar refractivity (Wildman–Crippen MR) is 72.8 cm³/mol. The minimum absolute atomic E-state index is 0.00537. The van der Waals surface area contributed by atoms with E-state index in [1.165, 1.54) is 0 Å². The third-order valence-electron chi connectivity index (χ3n) is 3.99. The zero-order valence-corrected chi connectivity index (χ0v) is 10.5. The van der Waals surface area contributed by atoms with Gasteiger partial charge in [-0.05, 0) is 29.8 Å². The van der Waals surface area contributed by atoms with Gasteiger partial charge < -0.3 is 9.64 Å². The van der Waals surface area contributed by atoms with Crippen LogP contribution in [0.2, 0.25) is 0 Å². The first-order valence-electron chi connectivity index (χ1n) is 6.37. The third-order valence-corrected chi connectivity index (χ3v) is 3.99. The monoisotopic (exact) mass is 251 g/mol. The first kappa shape index (κ1) is 10.6. The Balaban J connectivity index is 1.69. The number of carbonyl (C=O) groups excluding carboxylic acids is 1. The van der Waals surface area contributed by atoms with Crippen LogP contribution in [0.5, 0.6) is 5.75 Å². The molecule has 3 nitrogen and oxygen atoms in total. The van der Waals surface area contributed by atoms with Gasteiger partial charge in [-0.3, -0.25) is 4.79 Å². The molecule has 19 heavy (non-hydrogen) atoms. The third kappa shape index (κ3) is 1.35. The van der Waals surface area contributed by atoms with Crippen molar-refractivity contribution in [2.75, 3.05) is 12.0 Å². The van der Waals surface area contributed by atoms with Gasteiger partial charge in [-0.15, -0.1) is 0 Å². The summed E-state index contributed by atoms with van der Waals surface area (Å²) in [5.74, 6) is 1.08. The van der Waals surface area contributed by atoms with E-state index in [2.05, 4.69) is 11.0 Å². The van der Waals surface area contributed by atoms with Crippen LogP contribution >= 0.6 is 0 Å². The zero-order valence-electron chi connectivity index (χ0n) is 10.5. The summed E-state index contributed by atoms with van der Waals surface area (Å²) in [6, 6.07) is 16.0. The Morgan fingerprint density at radius 1 is 1.00 bits per heavy atom. The fourth-order valence-electron chi connectivity index (χ4n) is 3.04. The van der Waals surface area contributed by atoms with Crippen molar-refractivity contribution in [1.29, 1.82) is 0 Å². The normalized spacial score (nSPS) is 23.0. The van der Waals surface area contributed by atoms with Crippen molar-refractivity contribution >= 4 is 11.5 Å². The molecule has 1 heterocycles. The molecular formula is C16H13NO2. The summed E-state index contributed by atoms with van der Waals surface area (Å²) in [4.78, 5) is 14.4. The van der Waals surface area contributed by atoms with Gasteiger partial charge in [0.25, 0.3) is 0 Å². The molecule has 2 unspecified atom stereocenters. The first-order valence-corrected chi connectivity index (χ1v) is 6.37. The second-order valence-corrected chi connectivity index (χ2v) is 4.95. The Labute approximate surface area is 111 Å². The highest BCUT2D eigenvalue weighted by molar-refractivity contribution is 6.12. The standard InChI is InChI=1S/C16H13NO2/c1-19-11-8-6-10(7-9-11)17-14-12-4-2-3-5-13(12)16(18)15(14)17/h2-9,14-15H,1H3. The van der Waals surface area contributed by atoms with Gasteiger partial charge in [-0.25, -0.2) is 0 Å². The Bertz CT molecular complexity index is 663. The maximum atomic E-state index is 12.3. The molecule has 4 rings (SSSR count). The minimum atomic E-state index is 0.00537. The van der Waals surface area contributed by atoms with E-state index in [-0.39, 0.29) is 17.9 Å². The molecule has 0 radical (unpaired) electrons. The molecule has 2 aromatic carbocycles. The average Bonchev–Trinajstić information content (AvgIpc) is 3.15. The van der Waals surface area contributed by atoms with E-state index >= 15 is 0 Å². The van der Waals surface area contributed by atoms with E-state index in [1.54, 1.807) is 7.11 Å². The summed E-state index contributed by atoms with van der Waals surface area (Å²) >= 11 is 0. The fraction of sp³-hybridized carbons (Fsp3) is 0.188. The molecule has 1 aliphatic heterocycles. The van der Waals surface area contributed by atoms with Crippen LogP contribution in [-0.4, -0.2) is 18.9 Å². The van der Waals surface area contributed by atoms with Crippen LogP contribution < -0.4 is 9.64 Å². The van der Waals surface area contributed by atoms with Gasteiger partial charge in [-0.1, -0.05) is 24.3 Å². The number of Topliss-reactive ketones (excluding diaryl/α,β-unsaturated/α-hetero) is 1. The molecule has 2 atom stereocenters. The van der Waals surface area contributed by atoms with Crippen molar-refractivity contribution in [2.45, 2.75) is 12.1 Å². The van der Waals surface area contributed by atoms with Crippen molar-refractivity contribution < 1.29 is 9.53 Å². The summed E-state index contributed by atoms with van der Waals surface area (Å²) in [5, 5.41) is 0. The van der Waals surface area contributed by atoms with Crippen LogP contribution in [0.1, 0.15) is 22.0 Å². The number of anilines is 1. The molecule has 2 aliphatic rings. The van der Waals surface area contributed by atoms with E-state index in [9.17, 15) is 4.79 Å². The summed E-state index contributed by atoms with van der Waals surface area (Å²) in [6.45, 7) is 0. The molecule has 1 fully saturated rings. The van der Waals surface area contributed by atoms with Crippen molar-refractivity contribution in [2.24, 2.45) is 0 Å². The highest BCUT2D eigenvalue weighted by atomic mass is 16.5. The van der Waals surface area contributed by atoms with Crippen molar-refractivity contribution in [3.63, 3.8) is 0 Å². The highest BCUT2D eigenvalue weighted by Crippen LogP contribution is 2.54. The molecule has 1 aliphatic carbocycles. The highest BCUT2D eigenvalue weighted by Gasteiger charge is 2.59. The Morgan fingerprint density at radius 3 is 2.47 bits per heavy atom. The fourth-order valence-corrected chi connectivity index (χ4v) is 3.04. The van der Waals surface area contributed by atoms with Gasteiger partial charge in [0, 0.05) is 11.3 Å². The van der Waals surface area contributed by atoms with E-state index in [4.69, 9.17) is 4.74 Å². The number of carbonyl (C=O) groups is 1. The Morgan fingerprint density at radius 2 is 1.74 bits per heavy atom. The van der Waals surface area contributed by atoms with E-state index in [0.717, 1.165) is 22.6 Å². The van der Waals surface area contributed by atoms with Crippen LogP contribution in [0.15, 0.2) is 48.5 Å². The van der Waals surface area contributed by atoms with Crippen LogP contribution in [0.4, 0.5) is 5.69 Å². The SMILES string of the molecule is COc1ccc(N2C3C(=O)c4ccccc4C32)cc1. The topological polar surface area (TPSA) is 29.3 Å². The summed E-state index contributed by atoms with van der Waals surface area (Å²) in [5.41, 5.74) is 3.13. The lowest BCUT2D eigenvalue weighted by atomic mass is 10.1. The first-order chi connectivity index (χ1) is 9.31. The number of benzene rings is 2. The lowest BCUT2D eigenvalue weighted by Crippen LogP contribution is -2.13. The number of nitrogens with zero attached hydrogens (tertiary/aromatic N) is 1. The predicted octanol–water partition coefficient (Wildman–Crippen LogP) is 2.82.